The Balaban J connectivity index is 4.14. The first-order valence-electron chi connectivity index (χ1n) is 1.31. The van der Waals surface area contributed by atoms with E-state index in [1.807, 2.05) is 0 Å². The quantitative estimate of drug-likeness (QED) is 0.678. The zero-order chi connectivity index (χ0) is 5.91. The van der Waals surface area contributed by atoms with Gasteiger partial charge in [0.1, 0.15) is 0 Å². The second kappa shape index (κ2) is 2.07. The molecule has 0 saturated carbocycles. The normalized spacial score (nSPS) is 10.3. The van der Waals surface area contributed by atoms with Crippen molar-refractivity contribution in [3.63, 3.8) is 0 Å². The summed E-state index contributed by atoms with van der Waals surface area (Å²) in [5.74, 6) is 0. The van der Waals surface area contributed by atoms with E-state index in [9.17, 15) is 10.2 Å². The molecule has 0 unspecified atom stereocenters. The molecule has 0 radical (unpaired) electrons. The molecule has 0 aliphatic rings. The van der Waals surface area contributed by atoms with E-state index in [0.717, 1.165) is 0 Å². The molecule has 0 aromatic carbocycles. The van der Waals surface area contributed by atoms with Crippen LogP contribution in [0.15, 0.2) is 12.8 Å². The van der Waals surface area contributed by atoms with Crippen LogP contribution >= 0.6 is 0 Å². The standard InChI is InChI=1S/C2H4O.3O.W/c1-2-3;;;;/h2-3H,1H2;;;;/q;;;;+1/p-1. The molecular weight excluding hydrogens is 272 g/mol. The van der Waals surface area contributed by atoms with E-state index in [4.69, 9.17) is 0 Å². The van der Waals surface area contributed by atoms with Gasteiger partial charge in [0, 0.05) is 0 Å². The van der Waals surface area contributed by atoms with Crippen molar-refractivity contribution < 1.29 is 29.9 Å². The maximum absolute atomic E-state index is 9.51. The predicted molar refractivity (Wildman–Crippen MR) is 13.3 cm³/mol. The molecule has 0 aliphatic heterocycles. The minimum atomic E-state index is -5.63. The molecular formula is C2H3O4W. The van der Waals surface area contributed by atoms with Crippen LogP contribution in [0.4, 0.5) is 0 Å². The Bertz CT molecular complexity index is 177. The molecule has 0 atom stereocenters. The summed E-state index contributed by atoms with van der Waals surface area (Å²) in [5, 5.41) is 0. The summed E-state index contributed by atoms with van der Waals surface area (Å²) in [6, 6.07) is 0. The summed E-state index contributed by atoms with van der Waals surface area (Å²) >= 11 is -5.63. The SMILES string of the molecule is C=C[O][W](=[O])(=[O])=[O]. The summed E-state index contributed by atoms with van der Waals surface area (Å²) in [6.07, 6.45) is 0.613. The van der Waals surface area contributed by atoms with Gasteiger partial charge in [-0.05, 0) is 0 Å². The Kier molecular flexibility index (Phi) is 1.96. The maximum atomic E-state index is 9.51. The van der Waals surface area contributed by atoms with E-state index < -0.39 is 16.3 Å². The van der Waals surface area contributed by atoms with Gasteiger partial charge in [0.15, 0.2) is 0 Å². The van der Waals surface area contributed by atoms with Gasteiger partial charge in [-0.3, -0.25) is 0 Å². The molecule has 7 heavy (non-hydrogen) atoms. The summed E-state index contributed by atoms with van der Waals surface area (Å²) in [5.41, 5.74) is 0. The van der Waals surface area contributed by atoms with Gasteiger partial charge in [0.25, 0.3) is 0 Å². The molecule has 0 fully saturated rings. The molecule has 0 heterocycles. The van der Waals surface area contributed by atoms with E-state index in [-0.39, 0.29) is 0 Å². The Morgan fingerprint density at radius 3 is 1.86 bits per heavy atom. The minimum absolute atomic E-state index is 0.613. The fraction of sp³-hybridized carbons (Fsp3) is 0. The fourth-order valence-electron chi connectivity index (χ4n) is 0.0833. The monoisotopic (exact) mass is 275 g/mol. The Morgan fingerprint density at radius 1 is 1.43 bits per heavy atom. The van der Waals surface area contributed by atoms with Crippen molar-refractivity contribution in [1.82, 2.24) is 0 Å². The van der Waals surface area contributed by atoms with Crippen LogP contribution in [-0.2, 0) is 29.9 Å². The van der Waals surface area contributed by atoms with Crippen molar-refractivity contribution >= 4 is 0 Å². The van der Waals surface area contributed by atoms with E-state index >= 15 is 0 Å². The third-order valence-electron chi connectivity index (χ3n) is 0.186. The Hall–Kier alpha value is -0.372. The van der Waals surface area contributed by atoms with E-state index in [0.29, 0.717) is 6.26 Å². The number of hydrogen-bond donors (Lipinski definition) is 0. The first-order chi connectivity index (χ1) is 3.06. The first kappa shape index (κ1) is 6.63. The summed E-state index contributed by atoms with van der Waals surface area (Å²) in [7, 11) is 0. The van der Waals surface area contributed by atoms with Crippen molar-refractivity contribution in [3.05, 3.63) is 12.8 Å². The van der Waals surface area contributed by atoms with E-state index in [2.05, 4.69) is 9.97 Å². The van der Waals surface area contributed by atoms with Crippen LogP contribution in [0.1, 0.15) is 0 Å². The van der Waals surface area contributed by atoms with Gasteiger partial charge in [-0.2, -0.15) is 0 Å². The van der Waals surface area contributed by atoms with Gasteiger partial charge >= 0.3 is 42.8 Å². The second-order valence-corrected chi connectivity index (χ2v) is 4.30. The molecule has 41 valence electrons. The van der Waals surface area contributed by atoms with Crippen molar-refractivity contribution in [2.75, 3.05) is 0 Å². The van der Waals surface area contributed by atoms with Gasteiger partial charge in [-0.25, -0.2) is 0 Å². The van der Waals surface area contributed by atoms with Crippen LogP contribution in [0.2, 0.25) is 0 Å². The van der Waals surface area contributed by atoms with Gasteiger partial charge in [0.2, 0.25) is 0 Å². The van der Waals surface area contributed by atoms with Crippen LogP contribution in [0.3, 0.4) is 0 Å². The molecule has 0 rings (SSSR count). The van der Waals surface area contributed by atoms with Gasteiger partial charge in [-0.15, -0.1) is 0 Å². The van der Waals surface area contributed by atoms with Crippen LogP contribution < -0.4 is 0 Å². The predicted octanol–water partition coefficient (Wildman–Crippen LogP) is 0.252. The zero-order valence-corrected chi connectivity index (χ0v) is 6.26. The van der Waals surface area contributed by atoms with Crippen LogP contribution in [-0.4, -0.2) is 0 Å². The first-order valence-corrected chi connectivity index (χ1v) is 6.10. The molecule has 0 bridgehead atoms. The van der Waals surface area contributed by atoms with Crippen LogP contribution in [0, 0.1) is 0 Å². The van der Waals surface area contributed by atoms with Crippen molar-refractivity contribution in [3.8, 4) is 0 Å². The van der Waals surface area contributed by atoms with Crippen molar-refractivity contribution in [2.24, 2.45) is 0 Å². The Labute approximate surface area is 43.4 Å². The summed E-state index contributed by atoms with van der Waals surface area (Å²) in [6.45, 7) is 2.88. The number of rotatable bonds is 2. The van der Waals surface area contributed by atoms with Gasteiger partial charge in [0.05, 0.1) is 0 Å². The van der Waals surface area contributed by atoms with Gasteiger partial charge in [-0.1, -0.05) is 0 Å². The average molecular weight is 275 g/mol. The fourth-order valence-corrected chi connectivity index (χ4v) is 0.682. The molecule has 4 nitrogen and oxygen atoms in total. The molecule has 0 spiro atoms. The van der Waals surface area contributed by atoms with E-state index in [1.54, 1.807) is 0 Å². The van der Waals surface area contributed by atoms with E-state index in [1.165, 1.54) is 0 Å². The van der Waals surface area contributed by atoms with Crippen molar-refractivity contribution in [2.45, 2.75) is 0 Å². The molecule has 0 N–H and O–H groups in total. The molecule has 0 amide bonds. The Morgan fingerprint density at radius 2 is 1.86 bits per heavy atom. The second-order valence-electron chi connectivity index (χ2n) is 0.671. The summed E-state index contributed by atoms with van der Waals surface area (Å²) < 4.78 is 32.1. The molecule has 0 aliphatic carbocycles. The molecule has 0 aromatic heterocycles. The van der Waals surface area contributed by atoms with Gasteiger partial charge < -0.3 is 0 Å². The third kappa shape index (κ3) is 5.63. The number of hydrogen-bond acceptors (Lipinski definition) is 4. The van der Waals surface area contributed by atoms with Crippen LogP contribution in [0.5, 0.6) is 0 Å². The average Bonchev–Trinajstić information content (AvgIpc) is 1.30. The van der Waals surface area contributed by atoms with Crippen LogP contribution in [0.25, 0.3) is 0 Å². The summed E-state index contributed by atoms with van der Waals surface area (Å²) in [4.78, 5) is 0. The zero-order valence-electron chi connectivity index (χ0n) is 3.33. The third-order valence-corrected chi connectivity index (χ3v) is 1.52. The molecule has 5 heteroatoms. The topological polar surface area (TPSA) is 60.4 Å². The van der Waals surface area contributed by atoms with Crippen molar-refractivity contribution in [1.29, 1.82) is 0 Å². The molecule has 0 aromatic rings. The molecule has 0 saturated heterocycles.